The molecule has 0 unspecified atom stereocenters. The van der Waals surface area contributed by atoms with Crippen LogP contribution in [0.4, 0.5) is 0 Å². The van der Waals surface area contributed by atoms with E-state index < -0.39 is 0 Å². The van der Waals surface area contributed by atoms with E-state index in [2.05, 4.69) is 205 Å². The van der Waals surface area contributed by atoms with Gasteiger partial charge >= 0.3 is 0 Å². The van der Waals surface area contributed by atoms with Crippen LogP contribution in [-0.2, 0) is 5.41 Å². The Labute approximate surface area is 308 Å². The van der Waals surface area contributed by atoms with E-state index in [9.17, 15) is 0 Å². The summed E-state index contributed by atoms with van der Waals surface area (Å²) in [5.74, 6) is 0. The third-order valence-corrected chi connectivity index (χ3v) is 11.7. The second kappa shape index (κ2) is 11.2. The molecule has 10 aromatic rings. The van der Waals surface area contributed by atoms with Gasteiger partial charge in [-0.1, -0.05) is 129 Å². The molecular formula is C51H36N2. The zero-order valence-corrected chi connectivity index (χ0v) is 29.7. The fourth-order valence-electron chi connectivity index (χ4n) is 9.13. The maximum absolute atomic E-state index is 2.48. The molecule has 2 nitrogen and oxygen atoms in total. The number of fused-ring (bicyclic) bond motifs is 9. The number of nitrogens with zero attached hydrogens (tertiary/aromatic N) is 2. The van der Waals surface area contributed by atoms with Gasteiger partial charge in [-0.3, -0.25) is 0 Å². The predicted molar refractivity (Wildman–Crippen MR) is 224 cm³/mol. The lowest BCUT2D eigenvalue weighted by Gasteiger charge is -2.21. The van der Waals surface area contributed by atoms with Crippen molar-refractivity contribution in [1.82, 2.24) is 9.13 Å². The molecule has 1 aliphatic carbocycles. The van der Waals surface area contributed by atoms with Crippen molar-refractivity contribution in [3.05, 3.63) is 193 Å². The first-order valence-corrected chi connectivity index (χ1v) is 18.5. The molecule has 0 radical (unpaired) electrons. The van der Waals surface area contributed by atoms with Crippen LogP contribution in [0.25, 0.3) is 88.4 Å². The van der Waals surface area contributed by atoms with E-state index in [1.54, 1.807) is 0 Å². The third-order valence-electron chi connectivity index (χ3n) is 11.7. The van der Waals surface area contributed by atoms with E-state index in [0.717, 1.165) is 0 Å². The van der Waals surface area contributed by atoms with Gasteiger partial charge in [0.1, 0.15) is 0 Å². The summed E-state index contributed by atoms with van der Waals surface area (Å²) in [4.78, 5) is 0. The molecule has 2 aromatic heterocycles. The second-order valence-electron chi connectivity index (χ2n) is 15.0. The number of aromatic nitrogens is 2. The van der Waals surface area contributed by atoms with Crippen LogP contribution in [0.15, 0.2) is 182 Å². The molecular weight excluding hydrogens is 641 g/mol. The molecule has 0 fully saturated rings. The van der Waals surface area contributed by atoms with E-state index >= 15 is 0 Å². The van der Waals surface area contributed by atoms with Gasteiger partial charge in [-0.15, -0.1) is 0 Å². The predicted octanol–water partition coefficient (Wildman–Crippen LogP) is 13.5. The number of para-hydroxylation sites is 2. The van der Waals surface area contributed by atoms with Crippen molar-refractivity contribution in [3.8, 4) is 44.8 Å². The summed E-state index contributed by atoms with van der Waals surface area (Å²) in [6.07, 6.45) is 0. The smallest absolute Gasteiger partial charge is 0.0544 e. The fraction of sp³-hybridized carbons (Fsp3) is 0.0588. The SMILES string of the molecule is CC1(C)c2ccccc2-c2cc3c4cc(-c5ccc6c(c5)c5ccccc5n6-c5ccccc5)ccc4n(-c4cccc(-c5ccccc5)c4)c3cc21. The van der Waals surface area contributed by atoms with Crippen molar-refractivity contribution in [2.45, 2.75) is 19.3 Å². The normalized spacial score (nSPS) is 13.2. The van der Waals surface area contributed by atoms with Gasteiger partial charge in [0.05, 0.1) is 22.1 Å². The van der Waals surface area contributed by atoms with Crippen LogP contribution >= 0.6 is 0 Å². The summed E-state index contributed by atoms with van der Waals surface area (Å²) in [7, 11) is 0. The van der Waals surface area contributed by atoms with Gasteiger partial charge in [0.15, 0.2) is 0 Å². The lowest BCUT2D eigenvalue weighted by Crippen LogP contribution is -2.14. The van der Waals surface area contributed by atoms with E-state index in [1.165, 1.54) is 99.5 Å². The minimum absolute atomic E-state index is 0.0905. The lowest BCUT2D eigenvalue weighted by atomic mass is 9.82. The third kappa shape index (κ3) is 4.39. The van der Waals surface area contributed by atoms with E-state index in [-0.39, 0.29) is 5.41 Å². The molecule has 8 aromatic carbocycles. The molecule has 53 heavy (non-hydrogen) atoms. The van der Waals surface area contributed by atoms with Crippen molar-refractivity contribution in [2.75, 3.05) is 0 Å². The summed E-state index contributed by atoms with van der Waals surface area (Å²) in [5.41, 5.74) is 17.5. The number of hydrogen-bond donors (Lipinski definition) is 0. The van der Waals surface area contributed by atoms with Gasteiger partial charge in [0.25, 0.3) is 0 Å². The van der Waals surface area contributed by atoms with Gasteiger partial charge in [-0.25, -0.2) is 0 Å². The van der Waals surface area contributed by atoms with Crippen LogP contribution in [0.2, 0.25) is 0 Å². The molecule has 2 heterocycles. The minimum atomic E-state index is -0.0905. The average molecular weight is 677 g/mol. The Bertz CT molecular complexity index is 3070. The fourth-order valence-corrected chi connectivity index (χ4v) is 9.13. The van der Waals surface area contributed by atoms with Crippen molar-refractivity contribution < 1.29 is 0 Å². The van der Waals surface area contributed by atoms with Crippen molar-refractivity contribution in [3.63, 3.8) is 0 Å². The highest BCUT2D eigenvalue weighted by Gasteiger charge is 2.36. The summed E-state index contributed by atoms with van der Waals surface area (Å²) in [5, 5.41) is 5.07. The van der Waals surface area contributed by atoms with Crippen LogP contribution in [-0.4, -0.2) is 9.13 Å². The van der Waals surface area contributed by atoms with Crippen molar-refractivity contribution >= 4 is 43.6 Å². The van der Waals surface area contributed by atoms with Gasteiger partial charge in [0, 0.05) is 38.3 Å². The monoisotopic (exact) mass is 676 g/mol. The van der Waals surface area contributed by atoms with Crippen molar-refractivity contribution in [2.24, 2.45) is 0 Å². The van der Waals surface area contributed by atoms with Crippen LogP contribution in [0.1, 0.15) is 25.0 Å². The summed E-state index contributed by atoms with van der Waals surface area (Å²) in [6, 6.07) is 67.1. The Morgan fingerprint density at radius 3 is 1.64 bits per heavy atom. The van der Waals surface area contributed by atoms with Crippen LogP contribution < -0.4 is 0 Å². The molecule has 0 atom stereocenters. The molecule has 1 aliphatic rings. The van der Waals surface area contributed by atoms with Gasteiger partial charge in [-0.2, -0.15) is 0 Å². The Hall–Kier alpha value is -6.64. The maximum Gasteiger partial charge on any atom is 0.0544 e. The molecule has 0 saturated carbocycles. The Kier molecular flexibility index (Phi) is 6.33. The number of benzene rings is 8. The van der Waals surface area contributed by atoms with Crippen LogP contribution in [0.3, 0.4) is 0 Å². The van der Waals surface area contributed by atoms with Crippen LogP contribution in [0.5, 0.6) is 0 Å². The number of rotatable bonds is 4. The summed E-state index contributed by atoms with van der Waals surface area (Å²) < 4.78 is 4.87. The Balaban J connectivity index is 1.16. The lowest BCUT2D eigenvalue weighted by molar-refractivity contribution is 0.661. The molecule has 250 valence electrons. The highest BCUT2D eigenvalue weighted by atomic mass is 15.0. The molecule has 0 amide bonds. The average Bonchev–Trinajstić information content (AvgIpc) is 3.80. The highest BCUT2D eigenvalue weighted by Crippen LogP contribution is 2.51. The molecule has 2 heteroatoms. The first kappa shape index (κ1) is 30.0. The van der Waals surface area contributed by atoms with Crippen LogP contribution in [0, 0.1) is 0 Å². The first-order valence-electron chi connectivity index (χ1n) is 18.5. The zero-order valence-electron chi connectivity index (χ0n) is 29.7. The quantitative estimate of drug-likeness (QED) is 0.176. The standard InChI is InChI=1S/C51H36N2/c1-51(2)45-22-11-9-20-39(45)41-31-44-43-30-36(35-24-26-48-42(29-35)40-21-10-12-23-47(40)52(48)37-17-7-4-8-18-37)25-27-49(43)53(50(44)32-46(41)51)38-19-13-16-34(28-38)33-14-5-3-6-15-33/h3-32H,1-2H3. The van der Waals surface area contributed by atoms with Gasteiger partial charge < -0.3 is 9.13 Å². The summed E-state index contributed by atoms with van der Waals surface area (Å²) >= 11 is 0. The molecule has 0 N–H and O–H groups in total. The number of hydrogen-bond acceptors (Lipinski definition) is 0. The van der Waals surface area contributed by atoms with Gasteiger partial charge in [-0.05, 0) is 111 Å². The molecule has 0 bridgehead atoms. The molecule has 0 saturated heterocycles. The van der Waals surface area contributed by atoms with E-state index in [1.807, 2.05) is 0 Å². The largest absolute Gasteiger partial charge is 0.309 e. The van der Waals surface area contributed by atoms with Crippen molar-refractivity contribution in [1.29, 1.82) is 0 Å². The summed E-state index contributed by atoms with van der Waals surface area (Å²) in [6.45, 7) is 4.74. The molecule has 0 aliphatic heterocycles. The topological polar surface area (TPSA) is 9.86 Å². The Morgan fingerprint density at radius 1 is 0.321 bits per heavy atom. The highest BCUT2D eigenvalue weighted by molar-refractivity contribution is 6.14. The molecule has 0 spiro atoms. The first-order chi connectivity index (χ1) is 26.0. The minimum Gasteiger partial charge on any atom is -0.309 e. The van der Waals surface area contributed by atoms with Gasteiger partial charge in [0.2, 0.25) is 0 Å². The molecule has 11 rings (SSSR count). The zero-order chi connectivity index (χ0) is 35.3. The second-order valence-corrected chi connectivity index (χ2v) is 15.0. The van der Waals surface area contributed by atoms with E-state index in [4.69, 9.17) is 0 Å². The van der Waals surface area contributed by atoms with E-state index in [0.29, 0.717) is 0 Å². The Morgan fingerprint density at radius 2 is 0.868 bits per heavy atom. The maximum atomic E-state index is 2.48.